The molecule has 82 valence electrons. The summed E-state index contributed by atoms with van der Waals surface area (Å²) in [6.45, 7) is 0. The van der Waals surface area contributed by atoms with Crippen molar-refractivity contribution in [2.75, 3.05) is 14.2 Å². The first-order chi connectivity index (χ1) is 7.20. The van der Waals surface area contributed by atoms with Crippen LogP contribution < -0.4 is 0 Å². The van der Waals surface area contributed by atoms with Crippen LogP contribution in [0.15, 0.2) is 42.2 Å². The predicted octanol–water partition coefficient (Wildman–Crippen LogP) is 3.23. The second-order valence-corrected chi connectivity index (χ2v) is 5.09. The van der Waals surface area contributed by atoms with Crippen LogP contribution in [0.25, 0.3) is 0 Å². The van der Waals surface area contributed by atoms with E-state index in [4.69, 9.17) is 9.05 Å². The maximum absolute atomic E-state index is 11.6. The zero-order valence-corrected chi connectivity index (χ0v) is 9.81. The molecule has 0 saturated heterocycles. The number of benzene rings is 1. The van der Waals surface area contributed by atoms with Gasteiger partial charge in [-0.25, -0.2) is 0 Å². The maximum Gasteiger partial charge on any atom is 0.353 e. The van der Waals surface area contributed by atoms with Crippen LogP contribution in [0.1, 0.15) is 5.56 Å². The van der Waals surface area contributed by atoms with Crippen molar-refractivity contribution >= 4 is 7.60 Å². The second-order valence-electron chi connectivity index (χ2n) is 2.98. The molecule has 0 aromatic heterocycles. The van der Waals surface area contributed by atoms with Gasteiger partial charge in [-0.15, -0.1) is 0 Å². The highest BCUT2D eigenvalue weighted by Gasteiger charge is 2.14. The highest BCUT2D eigenvalue weighted by molar-refractivity contribution is 7.57. The highest BCUT2D eigenvalue weighted by atomic mass is 31.2. The Kier molecular flexibility index (Phi) is 4.76. The van der Waals surface area contributed by atoms with Gasteiger partial charge in [0.2, 0.25) is 0 Å². The van der Waals surface area contributed by atoms with E-state index in [0.717, 1.165) is 12.0 Å². The molecule has 0 unspecified atom stereocenters. The van der Waals surface area contributed by atoms with Gasteiger partial charge in [0.05, 0.1) is 0 Å². The number of rotatable bonds is 5. The third-order valence-corrected chi connectivity index (χ3v) is 3.59. The molecule has 1 aromatic rings. The van der Waals surface area contributed by atoms with Crippen LogP contribution in [-0.4, -0.2) is 14.2 Å². The molecule has 0 bridgehead atoms. The van der Waals surface area contributed by atoms with E-state index in [1.54, 1.807) is 6.08 Å². The fraction of sp³-hybridized carbons (Fsp3) is 0.273. The molecule has 1 aromatic carbocycles. The zero-order valence-electron chi connectivity index (χ0n) is 8.92. The molecule has 0 saturated carbocycles. The van der Waals surface area contributed by atoms with Gasteiger partial charge in [-0.1, -0.05) is 36.4 Å². The molecule has 0 aliphatic rings. The van der Waals surface area contributed by atoms with Gasteiger partial charge in [0.25, 0.3) is 0 Å². The van der Waals surface area contributed by atoms with Gasteiger partial charge in [-0.05, 0) is 12.0 Å². The summed E-state index contributed by atoms with van der Waals surface area (Å²) in [6, 6.07) is 9.91. The summed E-state index contributed by atoms with van der Waals surface area (Å²) in [5.74, 6) is 1.49. The molecule has 0 heterocycles. The highest BCUT2D eigenvalue weighted by Crippen LogP contribution is 2.47. The Morgan fingerprint density at radius 1 is 1.20 bits per heavy atom. The third kappa shape index (κ3) is 4.00. The Morgan fingerprint density at radius 3 is 2.33 bits per heavy atom. The molecular formula is C11H15O3P. The Labute approximate surface area is 90.3 Å². The smallest absolute Gasteiger partial charge is 0.309 e. The molecule has 0 aliphatic carbocycles. The quantitative estimate of drug-likeness (QED) is 0.723. The molecule has 0 radical (unpaired) electrons. The van der Waals surface area contributed by atoms with E-state index in [9.17, 15) is 4.57 Å². The first kappa shape index (κ1) is 12.2. The van der Waals surface area contributed by atoms with E-state index >= 15 is 0 Å². The average Bonchev–Trinajstić information content (AvgIpc) is 2.30. The number of hydrogen-bond acceptors (Lipinski definition) is 3. The minimum absolute atomic E-state index is 0.720. The summed E-state index contributed by atoms with van der Waals surface area (Å²) in [7, 11) is -0.254. The topological polar surface area (TPSA) is 35.5 Å². The van der Waals surface area contributed by atoms with Gasteiger partial charge in [0.1, 0.15) is 0 Å². The van der Waals surface area contributed by atoms with Crippen molar-refractivity contribution in [2.24, 2.45) is 0 Å². The van der Waals surface area contributed by atoms with Crippen molar-refractivity contribution in [1.29, 1.82) is 0 Å². The lowest BCUT2D eigenvalue weighted by Crippen LogP contribution is -1.84. The summed E-state index contributed by atoms with van der Waals surface area (Å²) in [5, 5.41) is 0. The lowest BCUT2D eigenvalue weighted by atomic mass is 10.2. The van der Waals surface area contributed by atoms with Gasteiger partial charge in [0, 0.05) is 20.0 Å². The fourth-order valence-electron chi connectivity index (χ4n) is 1.13. The van der Waals surface area contributed by atoms with Crippen molar-refractivity contribution < 1.29 is 13.6 Å². The van der Waals surface area contributed by atoms with Gasteiger partial charge >= 0.3 is 7.60 Å². The lowest BCUT2D eigenvalue weighted by Gasteiger charge is -2.07. The summed E-state index contributed by atoms with van der Waals surface area (Å²) in [5.41, 5.74) is 1.16. The van der Waals surface area contributed by atoms with E-state index in [2.05, 4.69) is 0 Å². The molecule has 0 atom stereocenters. The van der Waals surface area contributed by atoms with Crippen molar-refractivity contribution in [3.8, 4) is 0 Å². The summed E-state index contributed by atoms with van der Waals surface area (Å²) < 4.78 is 21.2. The Bertz CT molecular complexity index is 351. The van der Waals surface area contributed by atoms with Crippen molar-refractivity contribution in [3.63, 3.8) is 0 Å². The molecule has 0 fully saturated rings. The van der Waals surface area contributed by atoms with Crippen molar-refractivity contribution in [3.05, 3.63) is 47.8 Å². The first-order valence-electron chi connectivity index (χ1n) is 4.63. The molecule has 3 nitrogen and oxygen atoms in total. The van der Waals surface area contributed by atoms with E-state index in [-0.39, 0.29) is 0 Å². The minimum atomic E-state index is -3.00. The van der Waals surface area contributed by atoms with E-state index < -0.39 is 7.60 Å². The molecule has 15 heavy (non-hydrogen) atoms. The molecule has 4 heteroatoms. The van der Waals surface area contributed by atoms with Crippen LogP contribution in [-0.2, 0) is 20.0 Å². The molecule has 0 spiro atoms. The summed E-state index contributed by atoms with van der Waals surface area (Å²) >= 11 is 0. The van der Waals surface area contributed by atoms with Gasteiger partial charge in [0.15, 0.2) is 0 Å². The Balaban J connectivity index is 2.57. The van der Waals surface area contributed by atoms with E-state index in [1.807, 2.05) is 30.3 Å². The molecule has 1 rings (SSSR count). The maximum atomic E-state index is 11.6. The average molecular weight is 226 g/mol. The first-order valence-corrected chi connectivity index (χ1v) is 6.24. The lowest BCUT2D eigenvalue weighted by molar-refractivity contribution is 0.286. The normalized spacial score (nSPS) is 12.1. The summed E-state index contributed by atoms with van der Waals surface area (Å²) in [6.07, 6.45) is 2.51. The van der Waals surface area contributed by atoms with Crippen LogP contribution in [0.5, 0.6) is 0 Å². The van der Waals surface area contributed by atoms with Crippen molar-refractivity contribution in [2.45, 2.75) is 6.42 Å². The van der Waals surface area contributed by atoms with E-state index in [0.29, 0.717) is 0 Å². The second kappa shape index (κ2) is 5.86. The van der Waals surface area contributed by atoms with Gasteiger partial charge < -0.3 is 9.05 Å². The van der Waals surface area contributed by atoms with E-state index in [1.165, 1.54) is 20.0 Å². The molecule has 0 N–H and O–H groups in total. The van der Waals surface area contributed by atoms with Crippen LogP contribution >= 0.6 is 7.60 Å². The SMILES string of the molecule is COP(=O)(/C=C/Cc1ccccc1)OC. The predicted molar refractivity (Wildman–Crippen MR) is 60.9 cm³/mol. The fourth-order valence-corrected chi connectivity index (χ4v) is 1.88. The number of hydrogen-bond donors (Lipinski definition) is 0. The molecular weight excluding hydrogens is 211 g/mol. The van der Waals surface area contributed by atoms with Gasteiger partial charge in [-0.3, -0.25) is 4.57 Å². The Hall–Kier alpha value is -0.890. The minimum Gasteiger partial charge on any atom is -0.309 e. The summed E-state index contributed by atoms with van der Waals surface area (Å²) in [4.78, 5) is 0. The van der Waals surface area contributed by atoms with Crippen LogP contribution in [0.4, 0.5) is 0 Å². The molecule has 0 aliphatic heterocycles. The van der Waals surface area contributed by atoms with Crippen LogP contribution in [0.2, 0.25) is 0 Å². The zero-order chi connectivity index (χ0) is 11.1. The van der Waals surface area contributed by atoms with Crippen LogP contribution in [0, 0.1) is 0 Å². The Morgan fingerprint density at radius 2 is 1.80 bits per heavy atom. The standard InChI is InChI=1S/C11H15O3P/c1-13-15(12,14-2)10-6-9-11-7-4-3-5-8-11/h3-8,10H,9H2,1-2H3/b10-6+. The van der Waals surface area contributed by atoms with Crippen molar-refractivity contribution in [1.82, 2.24) is 0 Å². The van der Waals surface area contributed by atoms with Gasteiger partial charge in [-0.2, -0.15) is 0 Å². The number of allylic oxidation sites excluding steroid dienone is 1. The monoisotopic (exact) mass is 226 g/mol. The molecule has 0 amide bonds. The van der Waals surface area contributed by atoms with Crippen LogP contribution in [0.3, 0.4) is 0 Å². The largest absolute Gasteiger partial charge is 0.353 e. The third-order valence-electron chi connectivity index (χ3n) is 1.99.